The maximum atomic E-state index is 12.4. The van der Waals surface area contributed by atoms with E-state index < -0.39 is 6.36 Å². The molecule has 5 nitrogen and oxygen atoms in total. The third kappa shape index (κ3) is 8.29. The van der Waals surface area contributed by atoms with Crippen molar-refractivity contribution in [3.05, 3.63) is 77.1 Å². The summed E-state index contributed by atoms with van der Waals surface area (Å²) in [6, 6.07) is 12.8. The number of ether oxygens (including phenoxy) is 2. The second-order valence-electron chi connectivity index (χ2n) is 5.99. The van der Waals surface area contributed by atoms with Crippen LogP contribution in [0, 0.1) is 0 Å². The maximum Gasteiger partial charge on any atom is 0.573 e. The number of aliphatic hydroxyl groups is 1. The average molecular weight is 473 g/mol. The first-order valence-electron chi connectivity index (χ1n) is 8.89. The number of hydrogen-bond donors (Lipinski definition) is 3. The lowest BCUT2D eigenvalue weighted by molar-refractivity contribution is -0.274. The Morgan fingerprint density at radius 3 is 2.35 bits per heavy atom. The first kappa shape index (κ1) is 24.8. The fraction of sp³-hybridized carbons (Fsp3) is 0.190. The van der Waals surface area contributed by atoms with Gasteiger partial charge in [-0.25, -0.2) is 0 Å². The molecule has 31 heavy (non-hydrogen) atoms. The minimum absolute atomic E-state index is 0.245. The standard InChI is InChI=1S/C20H16ClF3N2O2S.CH4O/c21-18-5-3-16(28-20(22,23)24)8-13(18)10-26-11-14-9-15(4-6-19(14)29)27-17-2-1-7-25-12-17;1-2/h1-9,12,26,29H,10-11H2;2H,1H3. The van der Waals surface area contributed by atoms with Gasteiger partial charge < -0.3 is 19.9 Å². The number of hydrogen-bond acceptors (Lipinski definition) is 6. The van der Waals surface area contributed by atoms with Crippen LogP contribution in [0.3, 0.4) is 0 Å². The zero-order valence-corrected chi connectivity index (χ0v) is 18.0. The molecule has 0 atom stereocenters. The Balaban J connectivity index is 0.00000166. The van der Waals surface area contributed by atoms with Crippen LogP contribution in [0.4, 0.5) is 13.2 Å². The summed E-state index contributed by atoms with van der Waals surface area (Å²) in [6.45, 7) is 0.651. The predicted molar refractivity (Wildman–Crippen MR) is 115 cm³/mol. The molecule has 3 rings (SSSR count). The lowest BCUT2D eigenvalue weighted by atomic mass is 10.2. The maximum absolute atomic E-state index is 12.4. The molecule has 0 spiro atoms. The highest BCUT2D eigenvalue weighted by Gasteiger charge is 2.31. The first-order valence-corrected chi connectivity index (χ1v) is 9.72. The minimum Gasteiger partial charge on any atom is -0.456 e. The van der Waals surface area contributed by atoms with Gasteiger partial charge in [0, 0.05) is 36.3 Å². The van der Waals surface area contributed by atoms with Gasteiger partial charge in [-0.1, -0.05) is 11.6 Å². The van der Waals surface area contributed by atoms with E-state index in [1.54, 1.807) is 36.7 Å². The molecule has 2 N–H and O–H groups in total. The Kier molecular flexibility index (Phi) is 9.44. The Hall–Kier alpha value is -2.46. The van der Waals surface area contributed by atoms with Gasteiger partial charge >= 0.3 is 6.36 Å². The molecule has 0 unspecified atom stereocenters. The molecule has 0 radical (unpaired) electrons. The van der Waals surface area contributed by atoms with Crippen LogP contribution >= 0.6 is 24.2 Å². The van der Waals surface area contributed by atoms with Crippen LogP contribution in [0.25, 0.3) is 0 Å². The molecule has 0 saturated carbocycles. The lowest BCUT2D eigenvalue weighted by Crippen LogP contribution is -2.18. The zero-order chi connectivity index (χ0) is 22.9. The van der Waals surface area contributed by atoms with Gasteiger partial charge in [0.1, 0.15) is 17.2 Å². The molecule has 1 aromatic heterocycles. The summed E-state index contributed by atoms with van der Waals surface area (Å²) in [5.74, 6) is 0.901. The first-order chi connectivity index (χ1) is 14.8. The number of halogens is 4. The number of alkyl halides is 3. The normalized spacial score (nSPS) is 10.8. The van der Waals surface area contributed by atoms with Crippen molar-refractivity contribution in [3.8, 4) is 17.2 Å². The Bertz CT molecular complexity index is 976. The van der Waals surface area contributed by atoms with E-state index in [9.17, 15) is 13.2 Å². The molecule has 2 aromatic carbocycles. The highest BCUT2D eigenvalue weighted by molar-refractivity contribution is 7.80. The summed E-state index contributed by atoms with van der Waals surface area (Å²) < 4.78 is 46.9. The summed E-state index contributed by atoms with van der Waals surface area (Å²) in [6.07, 6.45) is -1.50. The van der Waals surface area contributed by atoms with E-state index in [4.69, 9.17) is 21.4 Å². The van der Waals surface area contributed by atoms with Crippen LogP contribution in [0.15, 0.2) is 65.8 Å². The third-order valence-corrected chi connectivity index (χ3v) is 4.61. The van der Waals surface area contributed by atoms with Gasteiger partial charge in [-0.05, 0) is 59.7 Å². The number of benzene rings is 2. The summed E-state index contributed by atoms with van der Waals surface area (Å²) >= 11 is 10.5. The van der Waals surface area contributed by atoms with E-state index in [0.717, 1.165) is 17.6 Å². The molecule has 3 aromatic rings. The zero-order valence-electron chi connectivity index (χ0n) is 16.4. The smallest absolute Gasteiger partial charge is 0.456 e. The van der Waals surface area contributed by atoms with Gasteiger partial charge in [0.2, 0.25) is 0 Å². The van der Waals surface area contributed by atoms with Crippen molar-refractivity contribution >= 4 is 24.2 Å². The highest BCUT2D eigenvalue weighted by Crippen LogP contribution is 2.28. The van der Waals surface area contributed by atoms with Gasteiger partial charge in [-0.3, -0.25) is 4.98 Å². The van der Waals surface area contributed by atoms with E-state index in [1.807, 2.05) is 6.07 Å². The SMILES string of the molecule is CO.FC(F)(F)Oc1ccc(Cl)c(CNCc2cc(Oc3cccnc3)ccc2S)c1. The number of rotatable bonds is 7. The molecule has 10 heteroatoms. The average Bonchev–Trinajstić information content (AvgIpc) is 2.74. The second-order valence-corrected chi connectivity index (χ2v) is 6.87. The third-order valence-electron chi connectivity index (χ3n) is 3.80. The predicted octanol–water partition coefficient (Wildman–Crippen LogP) is 5.61. The van der Waals surface area contributed by atoms with Crippen LogP contribution in [0.1, 0.15) is 11.1 Å². The van der Waals surface area contributed by atoms with E-state index in [1.165, 1.54) is 18.2 Å². The van der Waals surface area contributed by atoms with Gasteiger partial charge in [-0.2, -0.15) is 0 Å². The Morgan fingerprint density at radius 2 is 1.68 bits per heavy atom. The second kappa shape index (κ2) is 11.8. The number of aromatic nitrogens is 1. The van der Waals surface area contributed by atoms with Gasteiger partial charge in [0.25, 0.3) is 0 Å². The molecular formula is C21H20ClF3N2O3S. The molecule has 0 aliphatic rings. The van der Waals surface area contributed by atoms with Gasteiger partial charge in [-0.15, -0.1) is 25.8 Å². The summed E-state index contributed by atoms with van der Waals surface area (Å²) in [7, 11) is 1.00. The summed E-state index contributed by atoms with van der Waals surface area (Å²) in [5, 5.41) is 10.5. The quantitative estimate of drug-likeness (QED) is 0.390. The van der Waals surface area contributed by atoms with E-state index in [0.29, 0.717) is 28.6 Å². The number of nitrogens with zero attached hydrogens (tertiary/aromatic N) is 1. The van der Waals surface area contributed by atoms with Crippen LogP contribution in [-0.4, -0.2) is 23.6 Å². The largest absolute Gasteiger partial charge is 0.573 e. The minimum atomic E-state index is -4.76. The fourth-order valence-electron chi connectivity index (χ4n) is 2.53. The molecule has 166 valence electrons. The van der Waals surface area contributed by atoms with Crippen molar-refractivity contribution in [3.63, 3.8) is 0 Å². The van der Waals surface area contributed by atoms with Crippen LogP contribution in [-0.2, 0) is 13.1 Å². The van der Waals surface area contributed by atoms with Crippen molar-refractivity contribution < 1.29 is 27.8 Å². The van der Waals surface area contributed by atoms with E-state index >= 15 is 0 Å². The monoisotopic (exact) mass is 472 g/mol. The van der Waals surface area contributed by atoms with Crippen LogP contribution in [0.2, 0.25) is 5.02 Å². The van der Waals surface area contributed by atoms with Crippen molar-refractivity contribution in [2.24, 2.45) is 0 Å². The summed E-state index contributed by atoms with van der Waals surface area (Å²) in [4.78, 5) is 4.74. The van der Waals surface area contributed by atoms with E-state index in [-0.39, 0.29) is 12.3 Å². The molecular weight excluding hydrogens is 453 g/mol. The Labute approximate surface area is 188 Å². The number of thiol groups is 1. The molecule has 0 saturated heterocycles. The fourth-order valence-corrected chi connectivity index (χ4v) is 2.93. The molecule has 0 bridgehead atoms. The lowest BCUT2D eigenvalue weighted by Gasteiger charge is -2.13. The molecule has 1 heterocycles. The molecule has 0 fully saturated rings. The van der Waals surface area contributed by atoms with Crippen molar-refractivity contribution in [2.45, 2.75) is 24.3 Å². The number of nitrogens with one attached hydrogen (secondary N) is 1. The Morgan fingerprint density at radius 1 is 1.00 bits per heavy atom. The number of aliphatic hydroxyl groups excluding tert-OH is 1. The van der Waals surface area contributed by atoms with E-state index in [2.05, 4.69) is 27.7 Å². The number of pyridine rings is 1. The van der Waals surface area contributed by atoms with Gasteiger partial charge in [0.15, 0.2) is 0 Å². The van der Waals surface area contributed by atoms with Crippen LogP contribution in [0.5, 0.6) is 17.2 Å². The van der Waals surface area contributed by atoms with Crippen molar-refractivity contribution in [1.82, 2.24) is 10.3 Å². The van der Waals surface area contributed by atoms with Crippen molar-refractivity contribution in [2.75, 3.05) is 7.11 Å². The summed E-state index contributed by atoms with van der Waals surface area (Å²) in [5.41, 5.74) is 1.34. The highest BCUT2D eigenvalue weighted by atomic mass is 35.5. The van der Waals surface area contributed by atoms with Crippen molar-refractivity contribution in [1.29, 1.82) is 0 Å². The van der Waals surface area contributed by atoms with Gasteiger partial charge in [0.05, 0.1) is 6.20 Å². The molecule has 0 amide bonds. The van der Waals surface area contributed by atoms with Crippen LogP contribution < -0.4 is 14.8 Å². The molecule has 0 aliphatic heterocycles. The molecule has 0 aliphatic carbocycles. The topological polar surface area (TPSA) is 63.6 Å².